The Hall–Kier alpha value is -4.38. The van der Waals surface area contributed by atoms with Gasteiger partial charge in [-0.2, -0.15) is 0 Å². The number of nitrogens with zero attached hydrogens (tertiary/aromatic N) is 2. The fraction of sp³-hybridized carbons (Fsp3) is 0.0714. The van der Waals surface area contributed by atoms with Crippen LogP contribution in [-0.4, -0.2) is 11.8 Å². The number of para-hydroxylation sites is 2. The van der Waals surface area contributed by atoms with E-state index < -0.39 is 5.66 Å². The Bertz CT molecular complexity index is 1550. The van der Waals surface area contributed by atoms with Crippen molar-refractivity contribution in [2.45, 2.75) is 12.6 Å². The van der Waals surface area contributed by atoms with E-state index in [1.165, 1.54) is 5.56 Å². The van der Waals surface area contributed by atoms with E-state index in [1.807, 2.05) is 55.5 Å². The second kappa shape index (κ2) is 7.35. The van der Waals surface area contributed by atoms with Crippen LogP contribution in [0.4, 0.5) is 0 Å². The van der Waals surface area contributed by atoms with Crippen LogP contribution < -0.4 is 11.1 Å². The fourth-order valence-electron chi connectivity index (χ4n) is 4.48. The monoisotopic (exact) mass is 430 g/mol. The van der Waals surface area contributed by atoms with Crippen LogP contribution in [0.5, 0.6) is 0 Å². The summed E-state index contributed by atoms with van der Waals surface area (Å²) >= 11 is 0. The molecule has 1 aliphatic rings. The molecule has 160 valence electrons. The molecular formula is C28H22N4O. The van der Waals surface area contributed by atoms with E-state index in [9.17, 15) is 0 Å². The van der Waals surface area contributed by atoms with E-state index in [1.54, 1.807) is 0 Å². The molecule has 0 saturated carbocycles. The van der Waals surface area contributed by atoms with Gasteiger partial charge in [-0.3, -0.25) is 0 Å². The highest BCUT2D eigenvalue weighted by Crippen LogP contribution is 2.38. The van der Waals surface area contributed by atoms with Crippen molar-refractivity contribution in [2.24, 2.45) is 15.7 Å². The number of hydrogen-bond acceptors (Lipinski definition) is 5. The number of hydrogen-bond donors (Lipinski definition) is 2. The Labute approximate surface area is 191 Å². The molecule has 1 unspecified atom stereocenters. The average Bonchev–Trinajstić information content (AvgIpc) is 3.23. The van der Waals surface area contributed by atoms with E-state index in [-0.39, 0.29) is 0 Å². The first kappa shape index (κ1) is 19.3. The molecule has 0 bridgehead atoms. The van der Waals surface area contributed by atoms with E-state index in [0.29, 0.717) is 11.8 Å². The Morgan fingerprint density at radius 2 is 1.36 bits per heavy atom. The zero-order chi connectivity index (χ0) is 22.4. The molecule has 1 atom stereocenters. The Morgan fingerprint density at radius 1 is 0.697 bits per heavy atom. The summed E-state index contributed by atoms with van der Waals surface area (Å²) in [5.74, 6) is 1.00. The van der Waals surface area contributed by atoms with E-state index in [2.05, 4.69) is 58.8 Å². The van der Waals surface area contributed by atoms with Crippen LogP contribution in [0.2, 0.25) is 0 Å². The van der Waals surface area contributed by atoms with Gasteiger partial charge < -0.3 is 15.5 Å². The smallest absolute Gasteiger partial charge is 0.197 e. The van der Waals surface area contributed by atoms with Crippen molar-refractivity contribution >= 4 is 33.7 Å². The molecule has 5 heteroatoms. The highest BCUT2D eigenvalue weighted by Gasteiger charge is 2.33. The maximum Gasteiger partial charge on any atom is 0.197 e. The van der Waals surface area contributed by atoms with Crippen molar-refractivity contribution in [2.75, 3.05) is 0 Å². The minimum Gasteiger partial charge on any atom is -0.456 e. The Balaban J connectivity index is 1.45. The van der Waals surface area contributed by atoms with Crippen molar-refractivity contribution in [1.82, 2.24) is 5.32 Å². The fourth-order valence-corrected chi connectivity index (χ4v) is 4.48. The van der Waals surface area contributed by atoms with Crippen LogP contribution in [0.1, 0.15) is 18.1 Å². The van der Waals surface area contributed by atoms with Gasteiger partial charge in [0.25, 0.3) is 0 Å². The minimum atomic E-state index is -0.920. The lowest BCUT2D eigenvalue weighted by Gasteiger charge is -2.28. The van der Waals surface area contributed by atoms with Crippen LogP contribution in [0.15, 0.2) is 111 Å². The average molecular weight is 431 g/mol. The summed E-state index contributed by atoms with van der Waals surface area (Å²) < 4.78 is 6.24. The number of amidine groups is 1. The predicted molar refractivity (Wildman–Crippen MR) is 134 cm³/mol. The summed E-state index contributed by atoms with van der Waals surface area (Å²) in [5, 5.41) is 5.25. The normalized spacial score (nSPS) is 18.1. The van der Waals surface area contributed by atoms with Gasteiger partial charge in [0.1, 0.15) is 17.0 Å². The maximum atomic E-state index is 6.24. The zero-order valence-corrected chi connectivity index (χ0v) is 18.1. The van der Waals surface area contributed by atoms with Crippen LogP contribution in [0, 0.1) is 0 Å². The summed E-state index contributed by atoms with van der Waals surface area (Å²) in [7, 11) is 0. The first-order chi connectivity index (χ1) is 16.1. The molecule has 0 spiro atoms. The summed E-state index contributed by atoms with van der Waals surface area (Å²) in [5.41, 5.74) is 11.1. The molecule has 0 amide bonds. The van der Waals surface area contributed by atoms with Crippen LogP contribution in [0.25, 0.3) is 33.1 Å². The number of nitrogens with two attached hydrogens (primary N) is 1. The first-order valence-corrected chi connectivity index (χ1v) is 10.9. The van der Waals surface area contributed by atoms with Gasteiger partial charge in [-0.25, -0.2) is 9.98 Å². The topological polar surface area (TPSA) is 75.9 Å². The lowest BCUT2D eigenvalue weighted by Crippen LogP contribution is -2.44. The molecule has 1 aromatic heterocycles. The molecule has 6 rings (SSSR count). The van der Waals surface area contributed by atoms with Gasteiger partial charge >= 0.3 is 0 Å². The third-order valence-corrected chi connectivity index (χ3v) is 6.09. The van der Waals surface area contributed by atoms with Crippen LogP contribution in [0.3, 0.4) is 0 Å². The quantitative estimate of drug-likeness (QED) is 0.380. The van der Waals surface area contributed by atoms with E-state index in [0.717, 1.165) is 38.6 Å². The summed E-state index contributed by atoms with van der Waals surface area (Å²) in [6, 6.07) is 32.7. The minimum absolute atomic E-state index is 0.322. The second-order valence-corrected chi connectivity index (χ2v) is 8.33. The van der Waals surface area contributed by atoms with Crippen molar-refractivity contribution in [1.29, 1.82) is 0 Å². The van der Waals surface area contributed by atoms with Gasteiger partial charge in [0.05, 0.1) is 0 Å². The van der Waals surface area contributed by atoms with E-state index >= 15 is 0 Å². The third-order valence-electron chi connectivity index (χ3n) is 6.09. The van der Waals surface area contributed by atoms with Gasteiger partial charge in [0.15, 0.2) is 11.6 Å². The molecule has 5 aromatic rings. The predicted octanol–water partition coefficient (Wildman–Crippen LogP) is 5.79. The largest absolute Gasteiger partial charge is 0.456 e. The zero-order valence-electron chi connectivity index (χ0n) is 18.1. The molecule has 0 saturated heterocycles. The molecule has 1 aliphatic heterocycles. The molecule has 4 aromatic carbocycles. The summed E-state index contributed by atoms with van der Waals surface area (Å²) in [6.07, 6.45) is 0. The highest BCUT2D eigenvalue weighted by molar-refractivity contribution is 6.11. The molecule has 2 heterocycles. The number of nitrogens with one attached hydrogen (secondary N) is 1. The van der Waals surface area contributed by atoms with E-state index in [4.69, 9.17) is 15.1 Å². The van der Waals surface area contributed by atoms with Crippen molar-refractivity contribution < 1.29 is 4.42 Å². The Kier molecular flexibility index (Phi) is 4.30. The summed E-state index contributed by atoms with van der Waals surface area (Å²) in [6.45, 7) is 1.96. The van der Waals surface area contributed by atoms with Crippen molar-refractivity contribution in [3.05, 3.63) is 108 Å². The Morgan fingerprint density at radius 3 is 2.18 bits per heavy atom. The SMILES string of the molecule is CC1(c2cccc3c2oc2ccccc23)N=C(N)NC(c2ccc(-c3ccccc3)cc2)=N1. The number of aliphatic imine (C=N–C) groups is 2. The molecule has 5 nitrogen and oxygen atoms in total. The van der Waals surface area contributed by atoms with Gasteiger partial charge in [-0.15, -0.1) is 0 Å². The molecule has 3 N–H and O–H groups in total. The number of rotatable bonds is 3. The van der Waals surface area contributed by atoms with Gasteiger partial charge in [0.2, 0.25) is 0 Å². The maximum absolute atomic E-state index is 6.24. The van der Waals surface area contributed by atoms with Gasteiger partial charge in [-0.1, -0.05) is 91.0 Å². The van der Waals surface area contributed by atoms with Crippen molar-refractivity contribution in [3.8, 4) is 11.1 Å². The number of fused-ring (bicyclic) bond motifs is 3. The lowest BCUT2D eigenvalue weighted by atomic mass is 9.98. The second-order valence-electron chi connectivity index (χ2n) is 8.33. The third kappa shape index (κ3) is 3.26. The van der Waals surface area contributed by atoms with Crippen molar-refractivity contribution in [3.63, 3.8) is 0 Å². The number of guanidine groups is 1. The van der Waals surface area contributed by atoms with Crippen LogP contribution in [-0.2, 0) is 5.66 Å². The molecule has 0 radical (unpaired) electrons. The van der Waals surface area contributed by atoms with Gasteiger partial charge in [-0.05, 0) is 24.1 Å². The standard InChI is InChI=1S/C28H22N4O/c1-28(23-12-7-11-22-21-10-5-6-13-24(21)33-25(22)23)31-26(30-27(29)32-28)20-16-14-19(15-17-20)18-8-3-2-4-9-18/h2-17H,1H3,(H3,29,30,31,32). The van der Waals surface area contributed by atoms with Crippen LogP contribution >= 0.6 is 0 Å². The number of benzene rings is 4. The molecule has 33 heavy (non-hydrogen) atoms. The number of furan rings is 1. The van der Waals surface area contributed by atoms with Gasteiger partial charge in [0, 0.05) is 21.9 Å². The first-order valence-electron chi connectivity index (χ1n) is 10.9. The molecule has 0 fully saturated rings. The molecular weight excluding hydrogens is 408 g/mol. The molecule has 0 aliphatic carbocycles. The highest BCUT2D eigenvalue weighted by atomic mass is 16.3. The lowest BCUT2D eigenvalue weighted by molar-refractivity contribution is 0.510. The summed E-state index contributed by atoms with van der Waals surface area (Å²) in [4.78, 5) is 9.69.